The van der Waals surface area contributed by atoms with Crippen molar-refractivity contribution in [1.82, 2.24) is 0 Å². The lowest BCUT2D eigenvalue weighted by molar-refractivity contribution is -0.325. The van der Waals surface area contributed by atoms with Crippen LogP contribution in [-0.4, -0.2) is 105 Å². The summed E-state index contributed by atoms with van der Waals surface area (Å²) >= 11 is 0. The Morgan fingerprint density at radius 1 is 0.966 bits per heavy atom. The van der Waals surface area contributed by atoms with Crippen LogP contribution < -0.4 is 0 Å². The van der Waals surface area contributed by atoms with Gasteiger partial charge in [0.2, 0.25) is 0 Å². The molecule has 170 valence electrons. The molecule has 2 fully saturated rings. The molecule has 2 unspecified atom stereocenters. The average Bonchev–Trinajstić information content (AvgIpc) is 2.71. The predicted molar refractivity (Wildman–Crippen MR) is 99.6 cm³/mol. The monoisotopic (exact) mass is 422 g/mol. The second kappa shape index (κ2) is 11.7. The molecule has 2 aliphatic heterocycles. The van der Waals surface area contributed by atoms with Gasteiger partial charge in [-0.15, -0.1) is 6.58 Å². The third kappa shape index (κ3) is 6.41. The van der Waals surface area contributed by atoms with Crippen molar-refractivity contribution >= 4 is 0 Å². The zero-order chi connectivity index (χ0) is 21.6. The van der Waals surface area contributed by atoms with E-state index in [2.05, 4.69) is 13.5 Å². The number of aliphatic hydroxyl groups excluding tert-OH is 6. The third-order valence-electron chi connectivity index (χ3n) is 5.21. The van der Waals surface area contributed by atoms with Crippen molar-refractivity contribution in [2.45, 2.75) is 94.0 Å². The maximum absolute atomic E-state index is 10.2. The Bertz CT molecular complexity index is 492. The van der Waals surface area contributed by atoms with Gasteiger partial charge in [-0.1, -0.05) is 32.3 Å². The molecule has 10 heteroatoms. The first-order valence-electron chi connectivity index (χ1n) is 10.0. The minimum atomic E-state index is -1.53. The molecule has 0 amide bonds. The van der Waals surface area contributed by atoms with E-state index in [1.165, 1.54) is 0 Å². The maximum atomic E-state index is 10.2. The lowest BCUT2D eigenvalue weighted by Crippen LogP contribution is -2.60. The van der Waals surface area contributed by atoms with E-state index in [1.807, 2.05) is 0 Å². The van der Waals surface area contributed by atoms with Gasteiger partial charge in [0, 0.05) is 0 Å². The summed E-state index contributed by atoms with van der Waals surface area (Å²) in [4.78, 5) is 0. The third-order valence-corrected chi connectivity index (χ3v) is 5.21. The van der Waals surface area contributed by atoms with Crippen LogP contribution in [0.1, 0.15) is 32.6 Å². The van der Waals surface area contributed by atoms with Gasteiger partial charge >= 0.3 is 0 Å². The maximum Gasteiger partial charge on any atom is 0.187 e. The SMILES string of the molecule is C=CC(CCCCC)O[C@@H]1O[C@H](COC2OC[C@@H](O)[C@@H](O)[C@@H]2O)[C@@H](O)[C@H](O)[C@H]1O. The first-order chi connectivity index (χ1) is 13.8. The number of ether oxygens (including phenoxy) is 4. The normalized spacial score (nSPS) is 41.8. The Morgan fingerprint density at radius 3 is 2.31 bits per heavy atom. The molecular formula is C19H34O10. The summed E-state index contributed by atoms with van der Waals surface area (Å²) in [6.07, 6.45) is -7.36. The van der Waals surface area contributed by atoms with Gasteiger partial charge < -0.3 is 49.6 Å². The number of unbranched alkanes of at least 4 members (excludes halogenated alkanes) is 2. The molecule has 0 aromatic carbocycles. The van der Waals surface area contributed by atoms with E-state index in [-0.39, 0.29) is 13.2 Å². The van der Waals surface area contributed by atoms with Gasteiger partial charge in [-0.2, -0.15) is 0 Å². The highest BCUT2D eigenvalue weighted by Gasteiger charge is 2.46. The fourth-order valence-corrected chi connectivity index (χ4v) is 3.29. The Balaban J connectivity index is 1.93. The summed E-state index contributed by atoms with van der Waals surface area (Å²) in [5.74, 6) is 0. The molecule has 0 aromatic rings. The minimum absolute atomic E-state index is 0.233. The van der Waals surface area contributed by atoms with E-state index in [4.69, 9.17) is 18.9 Å². The molecule has 0 aromatic heterocycles. The first-order valence-corrected chi connectivity index (χ1v) is 10.0. The molecule has 2 aliphatic rings. The summed E-state index contributed by atoms with van der Waals surface area (Å²) in [5, 5.41) is 59.6. The molecular weight excluding hydrogens is 388 g/mol. The molecule has 0 aliphatic carbocycles. The molecule has 2 saturated heterocycles. The van der Waals surface area contributed by atoms with Crippen molar-refractivity contribution in [2.24, 2.45) is 0 Å². The van der Waals surface area contributed by atoms with Crippen LogP contribution in [0.25, 0.3) is 0 Å². The molecule has 6 N–H and O–H groups in total. The van der Waals surface area contributed by atoms with Gasteiger partial charge in [-0.05, 0) is 6.42 Å². The van der Waals surface area contributed by atoms with E-state index in [0.717, 1.165) is 19.3 Å². The van der Waals surface area contributed by atoms with Crippen molar-refractivity contribution in [3.05, 3.63) is 12.7 Å². The molecule has 2 heterocycles. The van der Waals surface area contributed by atoms with E-state index in [1.54, 1.807) is 6.08 Å². The van der Waals surface area contributed by atoms with E-state index in [9.17, 15) is 30.6 Å². The number of aliphatic hydroxyl groups is 6. The highest BCUT2D eigenvalue weighted by atomic mass is 16.7. The largest absolute Gasteiger partial charge is 0.388 e. The quantitative estimate of drug-likeness (QED) is 0.179. The van der Waals surface area contributed by atoms with Crippen LogP contribution in [0.15, 0.2) is 12.7 Å². The van der Waals surface area contributed by atoms with Gasteiger partial charge in [-0.3, -0.25) is 0 Å². The topological polar surface area (TPSA) is 158 Å². The number of hydrogen-bond donors (Lipinski definition) is 6. The summed E-state index contributed by atoms with van der Waals surface area (Å²) in [6.45, 7) is 5.24. The Morgan fingerprint density at radius 2 is 1.66 bits per heavy atom. The zero-order valence-corrected chi connectivity index (χ0v) is 16.6. The molecule has 10 atom stereocenters. The lowest BCUT2D eigenvalue weighted by Gasteiger charge is -2.42. The molecule has 10 nitrogen and oxygen atoms in total. The predicted octanol–water partition coefficient (Wildman–Crippen LogP) is -1.60. The van der Waals surface area contributed by atoms with Gasteiger partial charge in [0.25, 0.3) is 0 Å². The Kier molecular flexibility index (Phi) is 9.89. The lowest BCUT2D eigenvalue weighted by atomic mass is 9.99. The summed E-state index contributed by atoms with van der Waals surface area (Å²) < 4.78 is 21.8. The summed E-state index contributed by atoms with van der Waals surface area (Å²) in [7, 11) is 0. The molecule has 2 rings (SSSR count). The highest BCUT2D eigenvalue weighted by Crippen LogP contribution is 2.26. The van der Waals surface area contributed by atoms with Gasteiger partial charge in [0.15, 0.2) is 12.6 Å². The van der Waals surface area contributed by atoms with Crippen LogP contribution in [0.5, 0.6) is 0 Å². The van der Waals surface area contributed by atoms with E-state index in [0.29, 0.717) is 6.42 Å². The molecule has 0 spiro atoms. The van der Waals surface area contributed by atoms with Crippen LogP contribution >= 0.6 is 0 Å². The summed E-state index contributed by atoms with van der Waals surface area (Å²) in [6, 6.07) is 0. The minimum Gasteiger partial charge on any atom is -0.388 e. The van der Waals surface area contributed by atoms with Gasteiger partial charge in [0.05, 0.1) is 19.3 Å². The Labute approximate surface area is 170 Å². The first kappa shape index (κ1) is 24.6. The van der Waals surface area contributed by atoms with Gasteiger partial charge in [-0.25, -0.2) is 0 Å². The Hall–Kier alpha value is -0.660. The van der Waals surface area contributed by atoms with Crippen molar-refractivity contribution in [2.75, 3.05) is 13.2 Å². The molecule has 0 saturated carbocycles. The smallest absolute Gasteiger partial charge is 0.187 e. The molecule has 0 radical (unpaired) electrons. The second-order valence-electron chi connectivity index (χ2n) is 7.50. The second-order valence-corrected chi connectivity index (χ2v) is 7.50. The van der Waals surface area contributed by atoms with E-state index < -0.39 is 61.4 Å². The van der Waals surface area contributed by atoms with Crippen LogP contribution in [0.2, 0.25) is 0 Å². The van der Waals surface area contributed by atoms with Crippen LogP contribution in [0.4, 0.5) is 0 Å². The standard InChI is InChI=1S/C19H34O10/c1-3-5-6-7-10(4-2)28-19-17(25)15(23)14(22)12(29-19)9-27-18-16(24)13(21)11(20)8-26-18/h4,10-25H,2-3,5-9H2,1H3/t10?,11-,12-,13-,14-,15+,16+,17-,18?,19-/m1/s1. The number of hydrogen-bond acceptors (Lipinski definition) is 10. The molecule has 0 bridgehead atoms. The van der Waals surface area contributed by atoms with E-state index >= 15 is 0 Å². The summed E-state index contributed by atoms with van der Waals surface area (Å²) in [5.41, 5.74) is 0. The van der Waals surface area contributed by atoms with Crippen molar-refractivity contribution < 1.29 is 49.6 Å². The average molecular weight is 422 g/mol. The number of rotatable bonds is 10. The highest BCUT2D eigenvalue weighted by molar-refractivity contribution is 4.91. The molecule has 29 heavy (non-hydrogen) atoms. The van der Waals surface area contributed by atoms with Crippen LogP contribution in [0.3, 0.4) is 0 Å². The van der Waals surface area contributed by atoms with Crippen LogP contribution in [-0.2, 0) is 18.9 Å². The van der Waals surface area contributed by atoms with Crippen molar-refractivity contribution in [3.8, 4) is 0 Å². The fraction of sp³-hybridized carbons (Fsp3) is 0.895. The zero-order valence-electron chi connectivity index (χ0n) is 16.6. The fourth-order valence-electron chi connectivity index (χ4n) is 3.29. The van der Waals surface area contributed by atoms with Crippen molar-refractivity contribution in [1.29, 1.82) is 0 Å². The van der Waals surface area contributed by atoms with Crippen molar-refractivity contribution in [3.63, 3.8) is 0 Å². The van der Waals surface area contributed by atoms with Crippen LogP contribution in [0, 0.1) is 0 Å². The van der Waals surface area contributed by atoms with Gasteiger partial charge in [0.1, 0.15) is 42.7 Å².